The molecule has 10 heavy (non-hydrogen) atoms. The molecular formula is C8H11NS. The van der Waals surface area contributed by atoms with Crippen LogP contribution in [0.5, 0.6) is 0 Å². The van der Waals surface area contributed by atoms with Crippen molar-refractivity contribution in [2.24, 2.45) is 0 Å². The first kappa shape index (κ1) is 7.61. The molecule has 0 N–H and O–H groups in total. The van der Waals surface area contributed by atoms with Gasteiger partial charge in [0.25, 0.3) is 0 Å². The van der Waals surface area contributed by atoms with Gasteiger partial charge in [-0.05, 0) is 36.3 Å². The first-order valence-corrected chi connectivity index (χ1v) is 3.98. The molecule has 0 radical (unpaired) electrons. The highest BCUT2D eigenvalue weighted by atomic mass is 32.1. The lowest BCUT2D eigenvalue weighted by atomic mass is 10.1. The second-order valence-electron chi connectivity index (χ2n) is 2.28. The van der Waals surface area contributed by atoms with Gasteiger partial charge in [-0.15, -0.1) is 0 Å². The van der Waals surface area contributed by atoms with Crippen molar-refractivity contribution < 1.29 is 0 Å². The SMILES string of the molecule is Cc1ccncc1CCS. The second kappa shape index (κ2) is 3.62. The average molecular weight is 153 g/mol. The van der Waals surface area contributed by atoms with Crippen molar-refractivity contribution in [2.45, 2.75) is 13.3 Å². The summed E-state index contributed by atoms with van der Waals surface area (Å²) in [6.45, 7) is 2.10. The zero-order valence-corrected chi connectivity index (χ0v) is 6.94. The van der Waals surface area contributed by atoms with E-state index in [0.717, 1.165) is 12.2 Å². The van der Waals surface area contributed by atoms with Crippen molar-refractivity contribution >= 4 is 12.6 Å². The molecule has 0 bridgehead atoms. The summed E-state index contributed by atoms with van der Waals surface area (Å²) in [5.41, 5.74) is 2.61. The van der Waals surface area contributed by atoms with Crippen LogP contribution in [-0.4, -0.2) is 10.7 Å². The van der Waals surface area contributed by atoms with E-state index in [-0.39, 0.29) is 0 Å². The van der Waals surface area contributed by atoms with Crippen molar-refractivity contribution in [2.75, 3.05) is 5.75 Å². The van der Waals surface area contributed by atoms with Crippen LogP contribution in [-0.2, 0) is 6.42 Å². The van der Waals surface area contributed by atoms with E-state index in [0.29, 0.717) is 0 Å². The maximum atomic E-state index is 4.15. The van der Waals surface area contributed by atoms with Crippen LogP contribution in [0, 0.1) is 6.92 Å². The van der Waals surface area contributed by atoms with E-state index in [1.54, 1.807) is 0 Å². The molecule has 54 valence electrons. The fourth-order valence-corrected chi connectivity index (χ4v) is 1.12. The number of nitrogens with zero attached hydrogens (tertiary/aromatic N) is 1. The number of thiol groups is 1. The Labute approximate surface area is 66.9 Å². The van der Waals surface area contributed by atoms with Crippen LogP contribution >= 0.6 is 12.6 Å². The van der Waals surface area contributed by atoms with Gasteiger partial charge in [-0.25, -0.2) is 0 Å². The molecule has 1 aromatic rings. The molecule has 0 fully saturated rings. The Hall–Kier alpha value is -0.500. The van der Waals surface area contributed by atoms with Crippen molar-refractivity contribution in [1.82, 2.24) is 4.98 Å². The van der Waals surface area contributed by atoms with Crippen LogP contribution in [0.3, 0.4) is 0 Å². The average Bonchev–Trinajstić information content (AvgIpc) is 1.94. The summed E-state index contributed by atoms with van der Waals surface area (Å²) in [4.78, 5) is 4.03. The van der Waals surface area contributed by atoms with E-state index in [9.17, 15) is 0 Å². The Morgan fingerprint density at radius 1 is 1.60 bits per heavy atom. The van der Waals surface area contributed by atoms with E-state index in [1.165, 1.54) is 11.1 Å². The first-order valence-electron chi connectivity index (χ1n) is 3.35. The largest absolute Gasteiger partial charge is 0.264 e. The zero-order valence-electron chi connectivity index (χ0n) is 6.04. The van der Waals surface area contributed by atoms with Gasteiger partial charge in [0.05, 0.1) is 0 Å². The first-order chi connectivity index (χ1) is 4.84. The van der Waals surface area contributed by atoms with Crippen molar-refractivity contribution in [3.63, 3.8) is 0 Å². The van der Waals surface area contributed by atoms with Gasteiger partial charge in [0.2, 0.25) is 0 Å². The third kappa shape index (κ3) is 1.74. The molecule has 0 spiro atoms. The molecule has 0 aliphatic carbocycles. The molecule has 0 atom stereocenters. The van der Waals surface area contributed by atoms with E-state index in [1.807, 2.05) is 18.5 Å². The van der Waals surface area contributed by atoms with E-state index >= 15 is 0 Å². The predicted octanol–water partition coefficient (Wildman–Crippen LogP) is 1.86. The molecule has 0 amide bonds. The Morgan fingerprint density at radius 2 is 2.40 bits per heavy atom. The number of aromatic nitrogens is 1. The van der Waals surface area contributed by atoms with E-state index < -0.39 is 0 Å². The predicted molar refractivity (Wildman–Crippen MR) is 46.5 cm³/mol. The number of hydrogen-bond donors (Lipinski definition) is 1. The highest BCUT2D eigenvalue weighted by Crippen LogP contribution is 2.05. The maximum absolute atomic E-state index is 4.15. The van der Waals surface area contributed by atoms with Gasteiger partial charge in [-0.3, -0.25) is 4.98 Å². The Bertz CT molecular complexity index is 210. The molecule has 1 rings (SSSR count). The third-order valence-corrected chi connectivity index (χ3v) is 1.75. The minimum Gasteiger partial charge on any atom is -0.264 e. The van der Waals surface area contributed by atoms with Gasteiger partial charge in [-0.1, -0.05) is 0 Å². The highest BCUT2D eigenvalue weighted by Gasteiger charge is 1.93. The van der Waals surface area contributed by atoms with Crippen molar-refractivity contribution in [3.05, 3.63) is 29.6 Å². The highest BCUT2D eigenvalue weighted by molar-refractivity contribution is 7.80. The fraction of sp³-hybridized carbons (Fsp3) is 0.375. The van der Waals surface area contributed by atoms with Gasteiger partial charge >= 0.3 is 0 Å². The summed E-state index contributed by atoms with van der Waals surface area (Å²) in [5, 5.41) is 0. The molecule has 1 nitrogen and oxygen atoms in total. The number of rotatable bonds is 2. The maximum Gasteiger partial charge on any atom is 0.0302 e. The number of pyridine rings is 1. The number of hydrogen-bond acceptors (Lipinski definition) is 2. The Morgan fingerprint density at radius 3 is 3.00 bits per heavy atom. The van der Waals surface area contributed by atoms with Gasteiger partial charge in [0.15, 0.2) is 0 Å². The van der Waals surface area contributed by atoms with Gasteiger partial charge in [0, 0.05) is 12.4 Å². The summed E-state index contributed by atoms with van der Waals surface area (Å²) in [5.74, 6) is 0.895. The Balaban J connectivity index is 2.81. The normalized spacial score (nSPS) is 9.80. The second-order valence-corrected chi connectivity index (χ2v) is 2.72. The van der Waals surface area contributed by atoms with E-state index in [4.69, 9.17) is 0 Å². The Kier molecular flexibility index (Phi) is 2.75. The lowest BCUT2D eigenvalue weighted by molar-refractivity contribution is 1.09. The van der Waals surface area contributed by atoms with Crippen LogP contribution in [0.25, 0.3) is 0 Å². The van der Waals surface area contributed by atoms with E-state index in [2.05, 4.69) is 24.5 Å². The molecule has 1 aromatic heterocycles. The zero-order chi connectivity index (χ0) is 7.40. The monoisotopic (exact) mass is 153 g/mol. The molecule has 0 saturated carbocycles. The molecule has 0 aliphatic rings. The van der Waals surface area contributed by atoms with Crippen LogP contribution in [0.1, 0.15) is 11.1 Å². The minimum absolute atomic E-state index is 0.895. The fourth-order valence-electron chi connectivity index (χ4n) is 0.879. The molecule has 0 saturated heterocycles. The minimum atomic E-state index is 0.895. The van der Waals surface area contributed by atoms with Crippen LogP contribution in [0.4, 0.5) is 0 Å². The van der Waals surface area contributed by atoms with Crippen molar-refractivity contribution in [3.8, 4) is 0 Å². The molecule has 0 aromatic carbocycles. The lowest BCUT2D eigenvalue weighted by Crippen LogP contribution is -1.90. The summed E-state index contributed by atoms with van der Waals surface area (Å²) in [6, 6.07) is 2.03. The summed E-state index contributed by atoms with van der Waals surface area (Å²) < 4.78 is 0. The molecular weight excluding hydrogens is 142 g/mol. The number of aryl methyl sites for hydroxylation is 2. The molecule has 1 heterocycles. The van der Waals surface area contributed by atoms with Crippen LogP contribution in [0.15, 0.2) is 18.5 Å². The summed E-state index contributed by atoms with van der Waals surface area (Å²) in [6.07, 6.45) is 4.74. The molecule has 2 heteroatoms. The van der Waals surface area contributed by atoms with Gasteiger partial charge in [0.1, 0.15) is 0 Å². The van der Waals surface area contributed by atoms with Crippen molar-refractivity contribution in [1.29, 1.82) is 0 Å². The van der Waals surface area contributed by atoms with Crippen LogP contribution in [0.2, 0.25) is 0 Å². The van der Waals surface area contributed by atoms with Gasteiger partial charge < -0.3 is 0 Å². The van der Waals surface area contributed by atoms with Crippen LogP contribution < -0.4 is 0 Å². The summed E-state index contributed by atoms with van der Waals surface area (Å²) >= 11 is 4.15. The third-order valence-electron chi connectivity index (χ3n) is 1.53. The quantitative estimate of drug-likeness (QED) is 0.640. The lowest BCUT2D eigenvalue weighted by Gasteiger charge is -2.00. The summed E-state index contributed by atoms with van der Waals surface area (Å²) in [7, 11) is 0. The topological polar surface area (TPSA) is 12.9 Å². The van der Waals surface area contributed by atoms with Gasteiger partial charge in [-0.2, -0.15) is 12.6 Å². The smallest absolute Gasteiger partial charge is 0.0302 e. The molecule has 0 aliphatic heterocycles. The molecule has 0 unspecified atom stereocenters. The standard InChI is InChI=1S/C8H11NS/c1-7-2-4-9-6-8(7)3-5-10/h2,4,6,10H,3,5H2,1H3.